The van der Waals surface area contributed by atoms with E-state index in [1.165, 1.54) is 31.3 Å². The Hall–Kier alpha value is -0.720. The van der Waals surface area contributed by atoms with Gasteiger partial charge in [0.25, 0.3) is 0 Å². The van der Waals surface area contributed by atoms with Gasteiger partial charge in [0.2, 0.25) is 0 Å². The minimum absolute atomic E-state index is 0.816. The molecule has 0 N–H and O–H groups in total. The van der Waals surface area contributed by atoms with Crippen molar-refractivity contribution in [1.29, 1.82) is 0 Å². The highest BCUT2D eigenvalue weighted by molar-refractivity contribution is 5.32. The van der Waals surface area contributed by atoms with Gasteiger partial charge in [0.1, 0.15) is 5.76 Å². The van der Waals surface area contributed by atoms with Crippen molar-refractivity contribution in [3.05, 3.63) is 23.5 Å². The van der Waals surface area contributed by atoms with Crippen LogP contribution in [0, 0.1) is 5.92 Å². The fourth-order valence-corrected chi connectivity index (χ4v) is 1.96. The van der Waals surface area contributed by atoms with Crippen LogP contribution in [-0.4, -0.2) is 7.11 Å². The minimum Gasteiger partial charge on any atom is -0.497 e. The monoisotopic (exact) mass is 164 g/mol. The van der Waals surface area contributed by atoms with Gasteiger partial charge in [-0.2, -0.15) is 0 Å². The first kappa shape index (κ1) is 7.90. The molecule has 0 atom stereocenters. The molecule has 0 spiro atoms. The molecule has 12 heavy (non-hydrogen) atoms. The second-order valence-corrected chi connectivity index (χ2v) is 3.64. The summed E-state index contributed by atoms with van der Waals surface area (Å²) in [5, 5.41) is 0. The summed E-state index contributed by atoms with van der Waals surface area (Å²) in [7, 11) is 1.78. The van der Waals surface area contributed by atoms with Crippen LogP contribution < -0.4 is 0 Å². The molecule has 0 unspecified atom stereocenters. The summed E-state index contributed by atoms with van der Waals surface area (Å²) in [4.78, 5) is 0. The van der Waals surface area contributed by atoms with Gasteiger partial charge in [0.15, 0.2) is 0 Å². The van der Waals surface area contributed by atoms with Gasteiger partial charge in [-0.05, 0) is 43.3 Å². The lowest BCUT2D eigenvalue weighted by molar-refractivity contribution is 0.267. The summed E-state index contributed by atoms with van der Waals surface area (Å²) in [6, 6.07) is 0. The summed E-state index contributed by atoms with van der Waals surface area (Å²) in [5.74, 6) is 1.96. The molecule has 0 aromatic heterocycles. The van der Waals surface area contributed by atoms with Crippen molar-refractivity contribution in [3.63, 3.8) is 0 Å². The van der Waals surface area contributed by atoms with Gasteiger partial charge in [0, 0.05) is 0 Å². The van der Waals surface area contributed by atoms with Crippen molar-refractivity contribution in [2.24, 2.45) is 5.92 Å². The van der Waals surface area contributed by atoms with Crippen LogP contribution in [0.4, 0.5) is 0 Å². The molecule has 2 rings (SSSR count). The standard InChI is InChI=1S/C11H16O/c1-12-11-8-3-2-7-10(11)9-5-4-6-9/h7-9H,2-6H2,1H3. The van der Waals surface area contributed by atoms with E-state index < -0.39 is 0 Å². The molecule has 0 aliphatic heterocycles. The third-order valence-corrected chi connectivity index (χ3v) is 2.91. The highest BCUT2D eigenvalue weighted by Crippen LogP contribution is 2.38. The van der Waals surface area contributed by atoms with E-state index in [4.69, 9.17) is 4.74 Å². The van der Waals surface area contributed by atoms with Crippen LogP contribution in [0.25, 0.3) is 0 Å². The Morgan fingerprint density at radius 1 is 1.25 bits per heavy atom. The van der Waals surface area contributed by atoms with Gasteiger partial charge < -0.3 is 4.74 Å². The van der Waals surface area contributed by atoms with E-state index in [-0.39, 0.29) is 0 Å². The van der Waals surface area contributed by atoms with Gasteiger partial charge in [-0.1, -0.05) is 12.5 Å². The lowest BCUT2D eigenvalue weighted by Gasteiger charge is -2.30. The quantitative estimate of drug-likeness (QED) is 0.609. The molecule has 2 aliphatic carbocycles. The van der Waals surface area contributed by atoms with E-state index in [1.54, 1.807) is 7.11 Å². The predicted octanol–water partition coefficient (Wildman–Crippen LogP) is 3.04. The van der Waals surface area contributed by atoms with Crippen molar-refractivity contribution in [1.82, 2.24) is 0 Å². The average molecular weight is 164 g/mol. The van der Waals surface area contributed by atoms with Gasteiger partial charge in [-0.15, -0.1) is 0 Å². The SMILES string of the molecule is COC1=CCCC=C1C1CCC1. The topological polar surface area (TPSA) is 9.23 Å². The molecule has 66 valence electrons. The third-order valence-electron chi connectivity index (χ3n) is 2.91. The summed E-state index contributed by atoms with van der Waals surface area (Å²) in [6.07, 6.45) is 11.1. The molecule has 0 saturated heterocycles. The summed E-state index contributed by atoms with van der Waals surface area (Å²) in [5.41, 5.74) is 1.48. The van der Waals surface area contributed by atoms with E-state index in [1.807, 2.05) is 0 Å². The first-order valence-electron chi connectivity index (χ1n) is 4.86. The summed E-state index contributed by atoms with van der Waals surface area (Å²) < 4.78 is 5.35. The molecule has 0 radical (unpaired) electrons. The van der Waals surface area contributed by atoms with Crippen molar-refractivity contribution in [3.8, 4) is 0 Å². The lowest BCUT2D eigenvalue weighted by Crippen LogP contribution is -2.17. The highest BCUT2D eigenvalue weighted by atomic mass is 16.5. The lowest BCUT2D eigenvalue weighted by atomic mass is 9.77. The smallest absolute Gasteiger partial charge is 0.118 e. The zero-order valence-electron chi connectivity index (χ0n) is 7.68. The highest BCUT2D eigenvalue weighted by Gasteiger charge is 2.25. The number of methoxy groups -OCH3 is 1. The number of allylic oxidation sites excluding steroid dienone is 3. The van der Waals surface area contributed by atoms with E-state index in [0.717, 1.165) is 18.1 Å². The van der Waals surface area contributed by atoms with E-state index >= 15 is 0 Å². The molecule has 0 heterocycles. The molecule has 2 aliphatic rings. The molecule has 1 nitrogen and oxygen atoms in total. The van der Waals surface area contributed by atoms with E-state index in [9.17, 15) is 0 Å². The van der Waals surface area contributed by atoms with Gasteiger partial charge in [0.05, 0.1) is 7.11 Å². The molecular weight excluding hydrogens is 148 g/mol. The maximum atomic E-state index is 5.35. The van der Waals surface area contributed by atoms with Gasteiger partial charge in [-0.25, -0.2) is 0 Å². The normalized spacial score (nSPS) is 24.1. The molecular formula is C11H16O. The van der Waals surface area contributed by atoms with E-state index in [2.05, 4.69) is 12.2 Å². The Labute approximate surface area is 74.1 Å². The van der Waals surface area contributed by atoms with Crippen LogP contribution in [0.2, 0.25) is 0 Å². The van der Waals surface area contributed by atoms with Crippen molar-refractivity contribution in [2.75, 3.05) is 7.11 Å². The molecule has 0 aromatic rings. The number of hydrogen-bond donors (Lipinski definition) is 0. The summed E-state index contributed by atoms with van der Waals surface area (Å²) in [6.45, 7) is 0. The van der Waals surface area contributed by atoms with Gasteiger partial charge >= 0.3 is 0 Å². The second kappa shape index (κ2) is 3.34. The van der Waals surface area contributed by atoms with E-state index in [0.29, 0.717) is 0 Å². The fourth-order valence-electron chi connectivity index (χ4n) is 1.96. The molecule has 0 amide bonds. The van der Waals surface area contributed by atoms with Crippen LogP contribution >= 0.6 is 0 Å². The first-order chi connectivity index (χ1) is 5.92. The molecule has 1 saturated carbocycles. The Morgan fingerprint density at radius 2 is 2.00 bits per heavy atom. The largest absolute Gasteiger partial charge is 0.497 e. The number of rotatable bonds is 2. The van der Waals surface area contributed by atoms with Crippen LogP contribution in [-0.2, 0) is 4.74 Å². The Balaban J connectivity index is 2.10. The fraction of sp³-hybridized carbons (Fsp3) is 0.636. The van der Waals surface area contributed by atoms with Crippen LogP contribution in [0.3, 0.4) is 0 Å². The van der Waals surface area contributed by atoms with Crippen molar-refractivity contribution >= 4 is 0 Å². The third kappa shape index (κ3) is 1.28. The number of hydrogen-bond acceptors (Lipinski definition) is 1. The second-order valence-electron chi connectivity index (χ2n) is 3.64. The van der Waals surface area contributed by atoms with Crippen molar-refractivity contribution in [2.45, 2.75) is 32.1 Å². The first-order valence-corrected chi connectivity index (χ1v) is 4.86. The Kier molecular flexibility index (Phi) is 2.20. The molecule has 0 bridgehead atoms. The zero-order valence-corrected chi connectivity index (χ0v) is 7.68. The van der Waals surface area contributed by atoms with Crippen molar-refractivity contribution < 1.29 is 4.74 Å². The number of ether oxygens (including phenoxy) is 1. The summed E-state index contributed by atoms with van der Waals surface area (Å²) >= 11 is 0. The van der Waals surface area contributed by atoms with Crippen LogP contribution in [0.15, 0.2) is 23.5 Å². The average Bonchev–Trinajstić information content (AvgIpc) is 2.02. The van der Waals surface area contributed by atoms with Crippen LogP contribution in [0.1, 0.15) is 32.1 Å². The molecule has 1 heteroatoms. The maximum absolute atomic E-state index is 5.35. The maximum Gasteiger partial charge on any atom is 0.118 e. The zero-order chi connectivity index (χ0) is 8.39. The minimum atomic E-state index is 0.816. The molecule has 1 fully saturated rings. The van der Waals surface area contributed by atoms with Crippen LogP contribution in [0.5, 0.6) is 0 Å². The predicted molar refractivity (Wildman–Crippen MR) is 49.8 cm³/mol. The Bertz CT molecular complexity index is 221. The molecule has 0 aromatic carbocycles. The van der Waals surface area contributed by atoms with Gasteiger partial charge in [-0.3, -0.25) is 0 Å². The Morgan fingerprint density at radius 3 is 2.58 bits per heavy atom.